The lowest BCUT2D eigenvalue weighted by molar-refractivity contribution is -0.142. The number of fused-ring (bicyclic) bond motifs is 1. The van der Waals surface area contributed by atoms with E-state index in [2.05, 4.69) is 15.4 Å². The molecule has 5 nitrogen and oxygen atoms in total. The average molecular weight is 451 g/mol. The summed E-state index contributed by atoms with van der Waals surface area (Å²) in [7, 11) is 0. The highest BCUT2D eigenvalue weighted by Crippen LogP contribution is 2.32. The topological polar surface area (TPSA) is 59.3 Å². The third-order valence-electron chi connectivity index (χ3n) is 4.17. The molecule has 0 spiro atoms. The second-order valence-corrected chi connectivity index (χ2v) is 7.17. The van der Waals surface area contributed by atoms with E-state index in [1.807, 2.05) is 0 Å². The Hall–Kier alpha value is -3.10. The number of alkyl halides is 3. The lowest BCUT2D eigenvalue weighted by Crippen LogP contribution is -2.15. The average Bonchev–Trinajstić information content (AvgIpc) is 3.11. The van der Waals surface area contributed by atoms with E-state index in [1.54, 1.807) is 42.5 Å². The van der Waals surface area contributed by atoms with Gasteiger partial charge in [0.2, 0.25) is 0 Å². The van der Waals surface area contributed by atoms with Crippen LogP contribution in [0.5, 0.6) is 0 Å². The van der Waals surface area contributed by atoms with Crippen molar-refractivity contribution >= 4 is 40.4 Å². The minimum absolute atomic E-state index is 0.0770. The molecule has 1 N–H and O–H groups in total. The summed E-state index contributed by atoms with van der Waals surface area (Å²) in [6.45, 7) is 0. The summed E-state index contributed by atoms with van der Waals surface area (Å²) in [4.78, 5) is 16.7. The van der Waals surface area contributed by atoms with Gasteiger partial charge in [0, 0.05) is 27.4 Å². The molecule has 152 valence electrons. The maximum Gasteiger partial charge on any atom is 0.433 e. The van der Waals surface area contributed by atoms with Gasteiger partial charge < -0.3 is 5.32 Å². The molecule has 1 amide bonds. The highest BCUT2D eigenvalue weighted by atomic mass is 35.5. The SMILES string of the molecule is O=C(Nc1cccc(Cl)c1)c1cc2nc(-c3ccc(Cl)cc3)cc(C(F)(F)F)n2n1. The predicted molar refractivity (Wildman–Crippen MR) is 108 cm³/mol. The molecule has 2 aromatic carbocycles. The van der Waals surface area contributed by atoms with Crippen LogP contribution in [0.1, 0.15) is 16.2 Å². The number of anilines is 1. The molecule has 4 rings (SSSR count). The molecule has 0 radical (unpaired) electrons. The van der Waals surface area contributed by atoms with Gasteiger partial charge in [-0.2, -0.15) is 18.3 Å². The van der Waals surface area contributed by atoms with Crippen LogP contribution < -0.4 is 5.32 Å². The number of hydrogen-bond acceptors (Lipinski definition) is 3. The lowest BCUT2D eigenvalue weighted by atomic mass is 10.1. The van der Waals surface area contributed by atoms with Gasteiger partial charge in [0.05, 0.1) is 5.69 Å². The Morgan fingerprint density at radius 3 is 2.37 bits per heavy atom. The molecular formula is C20H11Cl2F3N4O. The largest absolute Gasteiger partial charge is 0.433 e. The molecule has 2 aromatic heterocycles. The summed E-state index contributed by atoms with van der Waals surface area (Å²) in [6.07, 6.45) is -4.71. The Morgan fingerprint density at radius 1 is 0.967 bits per heavy atom. The van der Waals surface area contributed by atoms with Crippen molar-refractivity contribution in [2.24, 2.45) is 0 Å². The Kier molecular flexibility index (Phi) is 5.13. The molecule has 10 heteroatoms. The highest BCUT2D eigenvalue weighted by molar-refractivity contribution is 6.31. The van der Waals surface area contributed by atoms with E-state index in [4.69, 9.17) is 23.2 Å². The number of benzene rings is 2. The van der Waals surface area contributed by atoms with Gasteiger partial charge in [-0.1, -0.05) is 41.4 Å². The third kappa shape index (κ3) is 4.10. The van der Waals surface area contributed by atoms with Crippen molar-refractivity contribution in [1.29, 1.82) is 0 Å². The first-order chi connectivity index (χ1) is 14.2. The second-order valence-electron chi connectivity index (χ2n) is 6.30. The number of nitrogens with zero attached hydrogens (tertiary/aromatic N) is 3. The van der Waals surface area contributed by atoms with Crippen molar-refractivity contribution in [2.75, 3.05) is 5.32 Å². The summed E-state index contributed by atoms with van der Waals surface area (Å²) in [5.41, 5.74) is -0.492. The first-order valence-electron chi connectivity index (χ1n) is 8.51. The smallest absolute Gasteiger partial charge is 0.321 e. The van der Waals surface area contributed by atoms with Crippen LogP contribution in [0.15, 0.2) is 60.7 Å². The highest BCUT2D eigenvalue weighted by Gasteiger charge is 2.35. The molecule has 0 aliphatic rings. The summed E-state index contributed by atoms with van der Waals surface area (Å²) < 4.78 is 41.6. The van der Waals surface area contributed by atoms with Crippen LogP contribution in [0.2, 0.25) is 10.0 Å². The van der Waals surface area contributed by atoms with E-state index >= 15 is 0 Å². The van der Waals surface area contributed by atoms with Crippen molar-refractivity contribution in [3.8, 4) is 11.3 Å². The molecule has 0 aliphatic heterocycles. The fourth-order valence-corrected chi connectivity index (χ4v) is 3.13. The van der Waals surface area contributed by atoms with Crippen LogP contribution in [-0.4, -0.2) is 20.5 Å². The number of carbonyl (C=O) groups excluding carboxylic acids is 1. The normalized spacial score (nSPS) is 11.6. The van der Waals surface area contributed by atoms with Gasteiger partial charge in [-0.05, 0) is 36.4 Å². The third-order valence-corrected chi connectivity index (χ3v) is 4.66. The van der Waals surface area contributed by atoms with Crippen LogP contribution in [0.4, 0.5) is 18.9 Å². The number of nitrogens with one attached hydrogen (secondary N) is 1. The van der Waals surface area contributed by atoms with E-state index in [0.29, 0.717) is 25.8 Å². The number of halogens is 5. The number of rotatable bonds is 3. The Bertz CT molecular complexity index is 1250. The van der Waals surface area contributed by atoms with Crippen molar-refractivity contribution < 1.29 is 18.0 Å². The Balaban J connectivity index is 1.78. The predicted octanol–water partition coefficient (Wildman–Crippen LogP) is 5.97. The molecule has 4 aromatic rings. The van der Waals surface area contributed by atoms with Gasteiger partial charge in [-0.25, -0.2) is 9.50 Å². The summed E-state index contributed by atoms with van der Waals surface area (Å²) in [6, 6.07) is 14.6. The van der Waals surface area contributed by atoms with Crippen molar-refractivity contribution in [2.45, 2.75) is 6.18 Å². The van der Waals surface area contributed by atoms with E-state index in [0.717, 1.165) is 6.07 Å². The Morgan fingerprint density at radius 2 is 1.70 bits per heavy atom. The van der Waals surface area contributed by atoms with Crippen LogP contribution in [0.25, 0.3) is 16.9 Å². The molecule has 0 atom stereocenters. The zero-order valence-corrected chi connectivity index (χ0v) is 16.4. The molecule has 0 saturated carbocycles. The minimum atomic E-state index is -4.71. The number of hydrogen-bond donors (Lipinski definition) is 1. The minimum Gasteiger partial charge on any atom is -0.321 e. The molecule has 0 saturated heterocycles. The summed E-state index contributed by atoms with van der Waals surface area (Å²) >= 11 is 11.7. The molecule has 0 unspecified atom stereocenters. The van der Waals surface area contributed by atoms with E-state index in [-0.39, 0.29) is 17.0 Å². The van der Waals surface area contributed by atoms with Crippen molar-refractivity contribution in [3.63, 3.8) is 0 Å². The number of carbonyl (C=O) groups is 1. The molecule has 0 bridgehead atoms. The van der Waals surface area contributed by atoms with Crippen molar-refractivity contribution in [1.82, 2.24) is 14.6 Å². The van der Waals surface area contributed by atoms with Crippen LogP contribution >= 0.6 is 23.2 Å². The fraction of sp³-hybridized carbons (Fsp3) is 0.0500. The van der Waals surface area contributed by atoms with Gasteiger partial charge >= 0.3 is 6.18 Å². The van der Waals surface area contributed by atoms with Gasteiger partial charge in [0.15, 0.2) is 17.0 Å². The van der Waals surface area contributed by atoms with E-state index in [9.17, 15) is 18.0 Å². The van der Waals surface area contributed by atoms with Crippen molar-refractivity contribution in [3.05, 3.63) is 82.1 Å². The van der Waals surface area contributed by atoms with Gasteiger partial charge in [0.1, 0.15) is 0 Å². The molecule has 0 aliphatic carbocycles. The maximum atomic E-state index is 13.7. The second kappa shape index (κ2) is 7.62. The van der Waals surface area contributed by atoms with Gasteiger partial charge in [0.25, 0.3) is 5.91 Å². The van der Waals surface area contributed by atoms with E-state index in [1.165, 1.54) is 12.1 Å². The summed E-state index contributed by atoms with van der Waals surface area (Å²) in [5.74, 6) is -0.691. The zero-order chi connectivity index (χ0) is 21.5. The zero-order valence-electron chi connectivity index (χ0n) is 14.9. The quantitative estimate of drug-likeness (QED) is 0.417. The molecule has 0 fully saturated rings. The first kappa shape index (κ1) is 20.2. The van der Waals surface area contributed by atoms with Crippen LogP contribution in [0.3, 0.4) is 0 Å². The maximum absolute atomic E-state index is 13.7. The number of amides is 1. The lowest BCUT2D eigenvalue weighted by Gasteiger charge is -2.11. The first-order valence-corrected chi connectivity index (χ1v) is 9.27. The van der Waals surface area contributed by atoms with Crippen LogP contribution in [-0.2, 0) is 6.18 Å². The monoisotopic (exact) mass is 450 g/mol. The van der Waals surface area contributed by atoms with E-state index < -0.39 is 17.8 Å². The molecule has 2 heterocycles. The van der Waals surface area contributed by atoms with Gasteiger partial charge in [-0.15, -0.1) is 0 Å². The fourth-order valence-electron chi connectivity index (χ4n) is 2.82. The molecular weight excluding hydrogens is 440 g/mol. The Labute approximate surface area is 178 Å². The molecule has 30 heavy (non-hydrogen) atoms. The number of aromatic nitrogens is 3. The summed E-state index contributed by atoms with van der Waals surface area (Å²) in [5, 5.41) is 7.21. The van der Waals surface area contributed by atoms with Gasteiger partial charge in [-0.3, -0.25) is 4.79 Å². The van der Waals surface area contributed by atoms with Crippen LogP contribution in [0, 0.1) is 0 Å². The standard InChI is InChI=1S/C20H11Cl2F3N4O/c21-12-6-4-11(5-7-12)15-9-17(20(23,24)25)29-18(27-15)10-16(28-29)19(30)26-14-3-1-2-13(22)8-14/h1-10H,(H,26,30).